The number of rotatable bonds is 7. The van der Waals surface area contributed by atoms with Gasteiger partial charge in [-0.05, 0) is 30.2 Å². The lowest BCUT2D eigenvalue weighted by atomic mass is 10.1. The number of aromatic nitrogens is 3. The van der Waals surface area contributed by atoms with Crippen LogP contribution in [0, 0.1) is 0 Å². The van der Waals surface area contributed by atoms with Crippen LogP contribution in [0.3, 0.4) is 0 Å². The summed E-state index contributed by atoms with van der Waals surface area (Å²) in [7, 11) is 1.89. The fourth-order valence-electron chi connectivity index (χ4n) is 2.87. The highest BCUT2D eigenvalue weighted by molar-refractivity contribution is 14.0. The van der Waals surface area contributed by atoms with Gasteiger partial charge in [0.1, 0.15) is 5.15 Å². The van der Waals surface area contributed by atoms with E-state index in [1.807, 2.05) is 53.7 Å². The number of aliphatic imine (C=N–C) groups is 1. The molecule has 0 aliphatic rings. The highest BCUT2D eigenvalue weighted by Gasteiger charge is 2.09. The molecule has 0 aliphatic heterocycles. The second-order valence-corrected chi connectivity index (χ2v) is 7.12. The van der Waals surface area contributed by atoms with Gasteiger partial charge in [0.2, 0.25) is 0 Å². The molecule has 0 saturated carbocycles. The summed E-state index contributed by atoms with van der Waals surface area (Å²) in [5.41, 5.74) is 3.35. The minimum atomic E-state index is 0. The van der Waals surface area contributed by atoms with Crippen LogP contribution in [0.5, 0.6) is 0 Å². The van der Waals surface area contributed by atoms with Crippen molar-refractivity contribution in [3.63, 3.8) is 0 Å². The lowest BCUT2D eigenvalue weighted by Crippen LogP contribution is -2.37. The first-order chi connectivity index (χ1) is 13.6. The van der Waals surface area contributed by atoms with E-state index in [2.05, 4.69) is 27.9 Å². The third kappa shape index (κ3) is 6.38. The van der Waals surface area contributed by atoms with E-state index in [0.717, 1.165) is 24.7 Å². The average Bonchev–Trinajstić information content (AvgIpc) is 3.29. The van der Waals surface area contributed by atoms with Crippen molar-refractivity contribution < 1.29 is 0 Å². The molecule has 0 unspecified atom stereocenters. The van der Waals surface area contributed by atoms with Gasteiger partial charge in [-0.15, -0.1) is 24.0 Å². The maximum Gasteiger partial charge on any atom is 0.191 e. The summed E-state index contributed by atoms with van der Waals surface area (Å²) in [6, 6.07) is 12.1. The van der Waals surface area contributed by atoms with E-state index in [4.69, 9.17) is 28.2 Å². The fraction of sp³-hybridized carbons (Fsp3) is 0.300. The third-order valence-corrected chi connectivity index (χ3v) is 5.26. The van der Waals surface area contributed by atoms with Crippen LogP contribution in [0.25, 0.3) is 0 Å². The van der Waals surface area contributed by atoms with Gasteiger partial charge in [-0.25, -0.2) is 4.99 Å². The Balaban J connectivity index is 0.00000300. The molecule has 1 aromatic carbocycles. The van der Waals surface area contributed by atoms with Crippen LogP contribution in [-0.2, 0) is 26.7 Å². The zero-order valence-corrected chi connectivity index (χ0v) is 20.2. The van der Waals surface area contributed by atoms with Crippen LogP contribution in [0.1, 0.15) is 23.7 Å². The summed E-state index contributed by atoms with van der Waals surface area (Å²) in [6.07, 6.45) is 3.75. The summed E-state index contributed by atoms with van der Waals surface area (Å²) in [5.74, 6) is 0.741. The molecule has 2 aromatic heterocycles. The number of hydrogen-bond acceptors (Lipinski definition) is 2. The largest absolute Gasteiger partial charge is 0.357 e. The molecule has 0 aliphatic carbocycles. The number of benzene rings is 1. The maximum atomic E-state index is 6.14. The molecule has 2 heterocycles. The SMILES string of the molecule is CCNC(=NCc1ccccc1Cn1cccn1)NCc1cc(Cl)c(Cl)n1C.I. The highest BCUT2D eigenvalue weighted by atomic mass is 127. The molecule has 0 amide bonds. The normalized spacial score (nSPS) is 11.2. The Morgan fingerprint density at radius 3 is 2.52 bits per heavy atom. The second kappa shape index (κ2) is 11.5. The zero-order valence-electron chi connectivity index (χ0n) is 16.4. The number of guanidine groups is 1. The van der Waals surface area contributed by atoms with Crippen LogP contribution >= 0.6 is 47.2 Å². The summed E-state index contributed by atoms with van der Waals surface area (Å²) < 4.78 is 3.77. The Hall–Kier alpha value is -1.71. The first-order valence-corrected chi connectivity index (χ1v) is 9.90. The molecule has 6 nitrogen and oxygen atoms in total. The topological polar surface area (TPSA) is 59.2 Å². The predicted octanol–water partition coefficient (Wildman–Crippen LogP) is 4.45. The van der Waals surface area contributed by atoms with Gasteiger partial charge < -0.3 is 15.2 Å². The lowest BCUT2D eigenvalue weighted by Gasteiger charge is -2.13. The lowest BCUT2D eigenvalue weighted by molar-refractivity contribution is 0.680. The average molecular weight is 547 g/mol. The van der Waals surface area contributed by atoms with Crippen molar-refractivity contribution >= 4 is 53.1 Å². The van der Waals surface area contributed by atoms with E-state index in [1.54, 1.807) is 6.20 Å². The molecule has 0 fully saturated rings. The van der Waals surface area contributed by atoms with Crippen LogP contribution in [0.4, 0.5) is 0 Å². The van der Waals surface area contributed by atoms with Gasteiger partial charge >= 0.3 is 0 Å². The zero-order chi connectivity index (χ0) is 19.9. The molecule has 9 heteroatoms. The summed E-state index contributed by atoms with van der Waals surface area (Å²) >= 11 is 12.2. The molecule has 0 bridgehead atoms. The standard InChI is InChI=1S/C20H24Cl2N6.HI/c1-3-23-20(25-13-17-11-18(21)19(22)27(17)2)24-12-15-7-4-5-8-16(15)14-28-10-6-9-26-28;/h4-11H,3,12-14H2,1-2H3,(H2,23,24,25);1H. The van der Waals surface area contributed by atoms with Gasteiger partial charge in [0.15, 0.2) is 5.96 Å². The molecular weight excluding hydrogens is 522 g/mol. The highest BCUT2D eigenvalue weighted by Crippen LogP contribution is 2.24. The maximum absolute atomic E-state index is 6.14. The minimum Gasteiger partial charge on any atom is -0.357 e. The van der Waals surface area contributed by atoms with E-state index in [-0.39, 0.29) is 24.0 Å². The van der Waals surface area contributed by atoms with Crippen molar-refractivity contribution in [1.29, 1.82) is 0 Å². The summed E-state index contributed by atoms with van der Waals surface area (Å²) in [4.78, 5) is 4.74. The monoisotopic (exact) mass is 546 g/mol. The molecular formula is C20H25Cl2IN6. The number of hydrogen-bond donors (Lipinski definition) is 2. The number of nitrogens with zero attached hydrogens (tertiary/aromatic N) is 4. The van der Waals surface area contributed by atoms with Crippen LogP contribution in [0.15, 0.2) is 53.8 Å². The first-order valence-electron chi connectivity index (χ1n) is 9.14. The minimum absolute atomic E-state index is 0. The van der Waals surface area contributed by atoms with Crippen molar-refractivity contribution in [2.24, 2.45) is 12.0 Å². The Labute approximate surface area is 198 Å². The van der Waals surface area contributed by atoms with E-state index >= 15 is 0 Å². The molecule has 3 rings (SSSR count). The number of nitrogens with one attached hydrogen (secondary N) is 2. The Morgan fingerprint density at radius 1 is 1.14 bits per heavy atom. The Morgan fingerprint density at radius 2 is 1.90 bits per heavy atom. The fourth-order valence-corrected chi connectivity index (χ4v) is 3.29. The Kier molecular flexibility index (Phi) is 9.32. The number of halogens is 3. The predicted molar refractivity (Wildman–Crippen MR) is 130 cm³/mol. The molecule has 0 saturated heterocycles. The van der Waals surface area contributed by atoms with Gasteiger partial charge in [-0.1, -0.05) is 47.5 Å². The second-order valence-electron chi connectivity index (χ2n) is 6.35. The smallest absolute Gasteiger partial charge is 0.191 e. The molecule has 156 valence electrons. The van der Waals surface area contributed by atoms with Crippen LogP contribution in [-0.4, -0.2) is 26.9 Å². The molecule has 2 N–H and O–H groups in total. The molecule has 29 heavy (non-hydrogen) atoms. The van der Waals surface area contributed by atoms with Gasteiger partial charge in [-0.2, -0.15) is 5.10 Å². The van der Waals surface area contributed by atoms with Crippen molar-refractivity contribution in [3.8, 4) is 0 Å². The summed E-state index contributed by atoms with van der Waals surface area (Å²) in [6.45, 7) is 4.68. The van der Waals surface area contributed by atoms with Crippen molar-refractivity contribution in [2.45, 2.75) is 26.6 Å². The first kappa shape index (κ1) is 23.6. The molecule has 0 radical (unpaired) electrons. The van der Waals surface area contributed by atoms with Gasteiger partial charge in [0.25, 0.3) is 0 Å². The van der Waals surface area contributed by atoms with Crippen molar-refractivity contribution in [1.82, 2.24) is 25.0 Å². The molecule has 0 spiro atoms. The third-order valence-electron chi connectivity index (χ3n) is 4.41. The van der Waals surface area contributed by atoms with E-state index in [0.29, 0.717) is 23.3 Å². The van der Waals surface area contributed by atoms with Crippen molar-refractivity contribution in [3.05, 3.63) is 75.8 Å². The molecule has 3 aromatic rings. The molecule has 0 atom stereocenters. The van der Waals surface area contributed by atoms with E-state index < -0.39 is 0 Å². The van der Waals surface area contributed by atoms with E-state index in [9.17, 15) is 0 Å². The Bertz CT molecular complexity index is 937. The van der Waals surface area contributed by atoms with Crippen molar-refractivity contribution in [2.75, 3.05) is 6.54 Å². The van der Waals surface area contributed by atoms with Gasteiger partial charge in [0.05, 0.1) is 24.7 Å². The van der Waals surface area contributed by atoms with Crippen LogP contribution in [0.2, 0.25) is 10.2 Å². The van der Waals surface area contributed by atoms with Gasteiger partial charge in [-0.3, -0.25) is 4.68 Å². The van der Waals surface area contributed by atoms with Gasteiger partial charge in [0, 0.05) is 31.7 Å². The summed E-state index contributed by atoms with van der Waals surface area (Å²) in [5, 5.41) is 12.0. The quantitative estimate of drug-likeness (QED) is 0.261. The van der Waals surface area contributed by atoms with E-state index in [1.165, 1.54) is 11.1 Å². The van der Waals surface area contributed by atoms with Crippen LogP contribution < -0.4 is 10.6 Å².